The lowest BCUT2D eigenvalue weighted by molar-refractivity contribution is -0.114. The normalized spacial score (nSPS) is 26.2. The first kappa shape index (κ1) is 8.17. The lowest BCUT2D eigenvalue weighted by atomic mass is 9.86. The van der Waals surface area contributed by atoms with Gasteiger partial charge in [0.05, 0.1) is 5.71 Å². The number of allylic oxidation sites excluding steroid dienone is 5. The average Bonchev–Trinajstić information content (AvgIpc) is 2.15. The van der Waals surface area contributed by atoms with Crippen molar-refractivity contribution in [1.82, 2.24) is 0 Å². The van der Waals surface area contributed by atoms with Gasteiger partial charge in [0.1, 0.15) is 0 Å². The molecule has 0 aromatic carbocycles. The van der Waals surface area contributed by atoms with Crippen LogP contribution in [0.4, 0.5) is 0 Å². The smallest absolute Gasteiger partial charge is 0.267 e. The molecular formula is C11H11NO. The van der Waals surface area contributed by atoms with Gasteiger partial charge < -0.3 is 0 Å². The Morgan fingerprint density at radius 2 is 2.08 bits per heavy atom. The maximum Gasteiger partial charge on any atom is 0.272 e. The molecule has 0 radical (unpaired) electrons. The van der Waals surface area contributed by atoms with Crippen molar-refractivity contribution in [1.29, 1.82) is 0 Å². The van der Waals surface area contributed by atoms with E-state index in [0.29, 0.717) is 0 Å². The molecule has 1 atom stereocenters. The molecule has 1 unspecified atom stereocenters. The maximum absolute atomic E-state index is 11.4. The predicted molar refractivity (Wildman–Crippen MR) is 52.6 cm³/mol. The number of aliphatic imine (C=N–C) groups is 1. The summed E-state index contributed by atoms with van der Waals surface area (Å²) in [4.78, 5) is 15.4. The van der Waals surface area contributed by atoms with Crippen LogP contribution in [0.15, 0.2) is 40.4 Å². The number of carbonyl (C=O) groups excluding carboxylic acids is 1. The second-order valence-electron chi connectivity index (χ2n) is 3.37. The summed E-state index contributed by atoms with van der Waals surface area (Å²) in [6, 6.07) is 0. The van der Waals surface area contributed by atoms with Crippen molar-refractivity contribution in [3.63, 3.8) is 0 Å². The lowest BCUT2D eigenvalue weighted by Crippen LogP contribution is -2.22. The molecule has 0 aromatic rings. The lowest BCUT2D eigenvalue weighted by Gasteiger charge is -2.22. The van der Waals surface area contributed by atoms with Gasteiger partial charge in [0, 0.05) is 11.5 Å². The van der Waals surface area contributed by atoms with Gasteiger partial charge in [-0.15, -0.1) is 0 Å². The van der Waals surface area contributed by atoms with Crippen LogP contribution in [0, 0.1) is 5.92 Å². The van der Waals surface area contributed by atoms with Crippen LogP contribution in [0.3, 0.4) is 0 Å². The van der Waals surface area contributed by atoms with Crippen LogP contribution < -0.4 is 0 Å². The van der Waals surface area contributed by atoms with E-state index in [1.807, 2.05) is 32.1 Å². The van der Waals surface area contributed by atoms with Crippen LogP contribution in [0.25, 0.3) is 0 Å². The van der Waals surface area contributed by atoms with Crippen LogP contribution in [0.2, 0.25) is 0 Å². The Hall–Kier alpha value is -1.44. The standard InChI is InChI=1S/C11H11NO/c1-7-8(2)11(13)12-10-6-4-3-5-9(7)10/h3-6,9H,1-2H3. The summed E-state index contributed by atoms with van der Waals surface area (Å²) in [5.74, 6) is 0.131. The maximum atomic E-state index is 11.4. The number of hydrogen-bond acceptors (Lipinski definition) is 1. The molecular weight excluding hydrogens is 162 g/mol. The Labute approximate surface area is 77.4 Å². The third-order valence-electron chi connectivity index (χ3n) is 2.61. The Morgan fingerprint density at radius 3 is 2.85 bits per heavy atom. The number of carbonyl (C=O) groups is 1. The highest BCUT2D eigenvalue weighted by Gasteiger charge is 2.24. The molecule has 1 aliphatic carbocycles. The highest BCUT2D eigenvalue weighted by atomic mass is 16.1. The highest BCUT2D eigenvalue weighted by molar-refractivity contribution is 6.13. The van der Waals surface area contributed by atoms with E-state index in [-0.39, 0.29) is 11.8 Å². The molecule has 0 saturated carbocycles. The van der Waals surface area contributed by atoms with Crippen LogP contribution in [-0.2, 0) is 4.79 Å². The third kappa shape index (κ3) is 1.18. The summed E-state index contributed by atoms with van der Waals surface area (Å²) in [6.07, 6.45) is 7.88. The van der Waals surface area contributed by atoms with Crippen LogP contribution in [0.5, 0.6) is 0 Å². The molecule has 1 heterocycles. The van der Waals surface area contributed by atoms with Crippen molar-refractivity contribution in [2.75, 3.05) is 0 Å². The Kier molecular flexibility index (Phi) is 1.76. The Bertz CT molecular complexity index is 381. The fourth-order valence-electron chi connectivity index (χ4n) is 1.61. The van der Waals surface area contributed by atoms with Crippen LogP contribution >= 0.6 is 0 Å². The first-order chi connectivity index (χ1) is 6.20. The minimum atomic E-state index is -0.0938. The SMILES string of the molecule is CC1=C(C)C2C=CC=CC2=NC1=O. The Balaban J connectivity index is 2.50. The Morgan fingerprint density at radius 1 is 1.31 bits per heavy atom. The summed E-state index contributed by atoms with van der Waals surface area (Å²) in [6.45, 7) is 3.83. The molecule has 0 saturated heterocycles. The summed E-state index contributed by atoms with van der Waals surface area (Å²) < 4.78 is 0. The van der Waals surface area contributed by atoms with Gasteiger partial charge in [-0.05, 0) is 19.9 Å². The van der Waals surface area contributed by atoms with E-state index in [4.69, 9.17) is 0 Å². The number of hydrogen-bond donors (Lipinski definition) is 0. The molecule has 2 rings (SSSR count). The van der Waals surface area contributed by atoms with Gasteiger partial charge in [0.2, 0.25) is 0 Å². The largest absolute Gasteiger partial charge is 0.272 e. The second kappa shape index (κ2) is 2.80. The first-order valence-corrected chi connectivity index (χ1v) is 4.35. The van der Waals surface area contributed by atoms with E-state index >= 15 is 0 Å². The third-order valence-corrected chi connectivity index (χ3v) is 2.61. The molecule has 0 bridgehead atoms. The van der Waals surface area contributed by atoms with E-state index in [9.17, 15) is 4.79 Å². The van der Waals surface area contributed by atoms with E-state index < -0.39 is 0 Å². The monoisotopic (exact) mass is 173 g/mol. The van der Waals surface area contributed by atoms with E-state index in [0.717, 1.165) is 16.9 Å². The minimum Gasteiger partial charge on any atom is -0.267 e. The number of fused-ring (bicyclic) bond motifs is 1. The van der Waals surface area contributed by atoms with Crippen molar-refractivity contribution in [3.05, 3.63) is 35.5 Å². The summed E-state index contributed by atoms with van der Waals surface area (Å²) in [5.41, 5.74) is 2.78. The summed E-state index contributed by atoms with van der Waals surface area (Å²) in [5, 5.41) is 0. The van der Waals surface area contributed by atoms with Crippen molar-refractivity contribution in [2.24, 2.45) is 10.9 Å². The predicted octanol–water partition coefficient (Wildman–Crippen LogP) is 2.05. The summed E-state index contributed by atoms with van der Waals surface area (Å²) >= 11 is 0. The molecule has 0 aromatic heterocycles. The fraction of sp³-hybridized carbons (Fsp3) is 0.273. The zero-order chi connectivity index (χ0) is 9.42. The van der Waals surface area contributed by atoms with Gasteiger partial charge in [-0.3, -0.25) is 4.79 Å². The van der Waals surface area contributed by atoms with E-state index in [1.165, 1.54) is 0 Å². The molecule has 13 heavy (non-hydrogen) atoms. The molecule has 0 N–H and O–H groups in total. The topological polar surface area (TPSA) is 29.4 Å². The van der Waals surface area contributed by atoms with Crippen molar-refractivity contribution >= 4 is 11.6 Å². The van der Waals surface area contributed by atoms with Gasteiger partial charge in [0.25, 0.3) is 5.91 Å². The van der Waals surface area contributed by atoms with E-state index in [2.05, 4.69) is 11.1 Å². The molecule has 0 fully saturated rings. The first-order valence-electron chi connectivity index (χ1n) is 4.35. The van der Waals surface area contributed by atoms with Crippen molar-refractivity contribution < 1.29 is 4.79 Å². The number of amides is 1. The van der Waals surface area contributed by atoms with Crippen molar-refractivity contribution in [3.8, 4) is 0 Å². The van der Waals surface area contributed by atoms with E-state index in [1.54, 1.807) is 0 Å². The molecule has 2 nitrogen and oxygen atoms in total. The van der Waals surface area contributed by atoms with Crippen LogP contribution in [0.1, 0.15) is 13.8 Å². The van der Waals surface area contributed by atoms with Crippen LogP contribution in [-0.4, -0.2) is 11.6 Å². The quantitative estimate of drug-likeness (QED) is 0.551. The van der Waals surface area contributed by atoms with Gasteiger partial charge in [-0.2, -0.15) is 0 Å². The number of dihydropyridines is 1. The average molecular weight is 173 g/mol. The fourth-order valence-corrected chi connectivity index (χ4v) is 1.61. The highest BCUT2D eigenvalue weighted by Crippen LogP contribution is 2.26. The van der Waals surface area contributed by atoms with Gasteiger partial charge in [0.15, 0.2) is 0 Å². The van der Waals surface area contributed by atoms with Gasteiger partial charge in [-0.1, -0.05) is 23.8 Å². The van der Waals surface area contributed by atoms with Crippen molar-refractivity contribution in [2.45, 2.75) is 13.8 Å². The zero-order valence-electron chi connectivity index (χ0n) is 7.74. The minimum absolute atomic E-state index is 0.0938. The number of rotatable bonds is 0. The zero-order valence-corrected chi connectivity index (χ0v) is 7.74. The van der Waals surface area contributed by atoms with Gasteiger partial charge >= 0.3 is 0 Å². The molecule has 2 heteroatoms. The second-order valence-corrected chi connectivity index (χ2v) is 3.37. The molecule has 1 amide bonds. The molecule has 0 spiro atoms. The molecule has 66 valence electrons. The number of nitrogens with zero attached hydrogens (tertiary/aromatic N) is 1. The molecule has 1 aliphatic heterocycles. The molecule has 2 aliphatic rings. The summed E-state index contributed by atoms with van der Waals surface area (Å²) in [7, 11) is 0. The van der Waals surface area contributed by atoms with Gasteiger partial charge in [-0.25, -0.2) is 4.99 Å².